The van der Waals surface area contributed by atoms with E-state index in [0.29, 0.717) is 17.6 Å². The molecule has 0 aliphatic heterocycles. The third-order valence-corrected chi connectivity index (χ3v) is 1.19. The summed E-state index contributed by atoms with van der Waals surface area (Å²) in [6.45, 7) is 0.185. The zero-order chi connectivity index (χ0) is 8.81. The molecule has 3 heteroatoms. The molecule has 60 valence electrons. The van der Waals surface area contributed by atoms with Crippen molar-refractivity contribution < 1.29 is 9.53 Å². The van der Waals surface area contributed by atoms with Gasteiger partial charge in [-0.05, 0) is 6.07 Å². The molecule has 1 rings (SSSR count). The van der Waals surface area contributed by atoms with Crippen LogP contribution in [-0.4, -0.2) is 17.9 Å². The van der Waals surface area contributed by atoms with Gasteiger partial charge in [-0.2, -0.15) is 0 Å². The van der Waals surface area contributed by atoms with Crippen LogP contribution in [0.2, 0.25) is 0 Å². The third-order valence-electron chi connectivity index (χ3n) is 1.19. The van der Waals surface area contributed by atoms with Gasteiger partial charge >= 0.3 is 0 Å². The maximum absolute atomic E-state index is 10.3. The number of rotatable bonds is 3. The summed E-state index contributed by atoms with van der Waals surface area (Å²) >= 11 is 0. The van der Waals surface area contributed by atoms with Crippen LogP contribution in [0.1, 0.15) is 10.4 Å². The molecule has 0 fully saturated rings. The summed E-state index contributed by atoms with van der Waals surface area (Å²) in [5.41, 5.74) is 0.476. The second-order valence-electron chi connectivity index (χ2n) is 2.06. The van der Waals surface area contributed by atoms with Gasteiger partial charge in [0.1, 0.15) is 12.4 Å². The molecule has 0 amide bonds. The Balaban J connectivity index is 2.74. The van der Waals surface area contributed by atoms with Gasteiger partial charge in [-0.1, -0.05) is 5.92 Å². The Morgan fingerprint density at radius 2 is 2.50 bits per heavy atom. The minimum Gasteiger partial charge on any atom is -0.479 e. The zero-order valence-electron chi connectivity index (χ0n) is 6.36. The lowest BCUT2D eigenvalue weighted by molar-refractivity contribution is 0.112. The molecule has 1 aromatic rings. The van der Waals surface area contributed by atoms with Crippen LogP contribution in [0.4, 0.5) is 0 Å². The minimum absolute atomic E-state index is 0.185. The number of aldehydes is 1. The standard InChI is InChI=1S/C9H7NO2/c1-2-3-12-9-4-8(7-11)5-10-6-9/h1,4-7H,3H2. The fraction of sp³-hybridized carbons (Fsp3) is 0.111. The molecule has 0 bridgehead atoms. The summed E-state index contributed by atoms with van der Waals surface area (Å²) in [4.78, 5) is 14.1. The molecular weight excluding hydrogens is 154 g/mol. The van der Waals surface area contributed by atoms with Crippen molar-refractivity contribution in [2.24, 2.45) is 0 Å². The first-order valence-electron chi connectivity index (χ1n) is 3.33. The van der Waals surface area contributed by atoms with Crippen molar-refractivity contribution in [3.63, 3.8) is 0 Å². The molecule has 0 aromatic carbocycles. The van der Waals surface area contributed by atoms with Crippen LogP contribution in [0.15, 0.2) is 18.5 Å². The van der Waals surface area contributed by atoms with Crippen LogP contribution in [0.25, 0.3) is 0 Å². The molecule has 0 aliphatic rings. The van der Waals surface area contributed by atoms with Gasteiger partial charge in [0.2, 0.25) is 0 Å². The summed E-state index contributed by atoms with van der Waals surface area (Å²) < 4.78 is 5.04. The van der Waals surface area contributed by atoms with E-state index < -0.39 is 0 Å². The van der Waals surface area contributed by atoms with Crippen LogP contribution < -0.4 is 4.74 Å². The molecule has 0 saturated carbocycles. The van der Waals surface area contributed by atoms with Gasteiger partial charge in [0, 0.05) is 11.8 Å². The second-order valence-corrected chi connectivity index (χ2v) is 2.06. The number of pyridine rings is 1. The molecule has 3 nitrogen and oxygen atoms in total. The molecule has 0 unspecified atom stereocenters. The van der Waals surface area contributed by atoms with E-state index in [-0.39, 0.29) is 6.61 Å². The lowest BCUT2D eigenvalue weighted by Gasteiger charge is -2.00. The van der Waals surface area contributed by atoms with Crippen molar-refractivity contribution in [2.45, 2.75) is 0 Å². The number of hydrogen-bond donors (Lipinski definition) is 0. The molecule has 0 atom stereocenters. The zero-order valence-corrected chi connectivity index (χ0v) is 6.36. The second kappa shape index (κ2) is 4.14. The summed E-state index contributed by atoms with van der Waals surface area (Å²) in [6, 6.07) is 1.58. The van der Waals surface area contributed by atoms with Crippen molar-refractivity contribution in [1.82, 2.24) is 4.98 Å². The molecular formula is C9H7NO2. The maximum Gasteiger partial charge on any atom is 0.151 e. The summed E-state index contributed by atoms with van der Waals surface area (Å²) in [7, 11) is 0. The minimum atomic E-state index is 0.185. The average molecular weight is 161 g/mol. The largest absolute Gasteiger partial charge is 0.479 e. The predicted octanol–water partition coefficient (Wildman–Crippen LogP) is 0.906. The van der Waals surface area contributed by atoms with Gasteiger partial charge in [0.25, 0.3) is 0 Å². The van der Waals surface area contributed by atoms with Crippen LogP contribution in [-0.2, 0) is 0 Å². The van der Waals surface area contributed by atoms with Crippen molar-refractivity contribution in [3.05, 3.63) is 24.0 Å². The molecule has 0 aliphatic carbocycles. The summed E-state index contributed by atoms with van der Waals surface area (Å²) in [6.07, 6.45) is 8.64. The molecule has 1 aromatic heterocycles. The van der Waals surface area contributed by atoms with E-state index in [1.165, 1.54) is 12.4 Å². The average Bonchev–Trinajstić information content (AvgIpc) is 2.15. The lowest BCUT2D eigenvalue weighted by Crippen LogP contribution is -1.94. The number of terminal acetylenes is 1. The Morgan fingerprint density at radius 1 is 1.67 bits per heavy atom. The smallest absolute Gasteiger partial charge is 0.151 e. The lowest BCUT2D eigenvalue weighted by atomic mass is 10.3. The number of ether oxygens (including phenoxy) is 1. The molecule has 12 heavy (non-hydrogen) atoms. The highest BCUT2D eigenvalue weighted by molar-refractivity contribution is 5.74. The van der Waals surface area contributed by atoms with Crippen molar-refractivity contribution >= 4 is 6.29 Å². The monoisotopic (exact) mass is 161 g/mol. The van der Waals surface area contributed by atoms with Gasteiger partial charge in [-0.3, -0.25) is 9.78 Å². The Bertz CT molecular complexity index is 315. The van der Waals surface area contributed by atoms with Crippen molar-refractivity contribution in [1.29, 1.82) is 0 Å². The first kappa shape index (κ1) is 8.28. The van der Waals surface area contributed by atoms with Crippen LogP contribution >= 0.6 is 0 Å². The number of carbonyl (C=O) groups excluding carboxylic acids is 1. The molecule has 0 saturated heterocycles. The normalized spacial score (nSPS) is 8.58. The number of aromatic nitrogens is 1. The van der Waals surface area contributed by atoms with Gasteiger partial charge in [0.05, 0.1) is 6.20 Å². The Morgan fingerprint density at radius 3 is 3.17 bits per heavy atom. The summed E-state index contributed by atoms with van der Waals surface area (Å²) in [5.74, 6) is 2.83. The number of nitrogens with zero attached hydrogens (tertiary/aromatic N) is 1. The van der Waals surface area contributed by atoms with E-state index in [1.807, 2.05) is 0 Å². The predicted molar refractivity (Wildman–Crippen MR) is 44.0 cm³/mol. The van der Waals surface area contributed by atoms with Gasteiger partial charge in [-0.25, -0.2) is 0 Å². The van der Waals surface area contributed by atoms with E-state index in [1.54, 1.807) is 6.07 Å². The van der Waals surface area contributed by atoms with Crippen LogP contribution in [0.5, 0.6) is 5.75 Å². The number of hydrogen-bond acceptors (Lipinski definition) is 3. The van der Waals surface area contributed by atoms with Gasteiger partial charge in [-0.15, -0.1) is 6.42 Å². The molecule has 0 radical (unpaired) electrons. The van der Waals surface area contributed by atoms with E-state index in [4.69, 9.17) is 11.2 Å². The van der Waals surface area contributed by atoms with Crippen molar-refractivity contribution in [2.75, 3.05) is 6.61 Å². The molecule has 0 N–H and O–H groups in total. The fourth-order valence-electron chi connectivity index (χ4n) is 0.704. The molecule has 0 spiro atoms. The highest BCUT2D eigenvalue weighted by Gasteiger charge is 1.94. The molecule has 1 heterocycles. The fourth-order valence-corrected chi connectivity index (χ4v) is 0.704. The van der Waals surface area contributed by atoms with E-state index in [9.17, 15) is 4.79 Å². The van der Waals surface area contributed by atoms with Gasteiger partial charge < -0.3 is 4.74 Å². The first-order valence-corrected chi connectivity index (χ1v) is 3.33. The summed E-state index contributed by atoms with van der Waals surface area (Å²) in [5, 5.41) is 0. The first-order chi connectivity index (χ1) is 5.86. The quantitative estimate of drug-likeness (QED) is 0.488. The SMILES string of the molecule is C#CCOc1cncc(C=O)c1. The van der Waals surface area contributed by atoms with E-state index in [2.05, 4.69) is 10.9 Å². The van der Waals surface area contributed by atoms with Crippen LogP contribution in [0.3, 0.4) is 0 Å². The Kier molecular flexibility index (Phi) is 2.86. The number of carbonyl (C=O) groups is 1. The Hall–Kier alpha value is -1.82. The van der Waals surface area contributed by atoms with E-state index >= 15 is 0 Å². The Labute approximate surface area is 70.4 Å². The topological polar surface area (TPSA) is 39.2 Å². The van der Waals surface area contributed by atoms with E-state index in [0.717, 1.165) is 0 Å². The maximum atomic E-state index is 10.3. The highest BCUT2D eigenvalue weighted by atomic mass is 16.5. The van der Waals surface area contributed by atoms with Crippen LogP contribution in [0, 0.1) is 12.3 Å². The third kappa shape index (κ3) is 2.10. The van der Waals surface area contributed by atoms with Crippen molar-refractivity contribution in [3.8, 4) is 18.1 Å². The highest BCUT2D eigenvalue weighted by Crippen LogP contribution is 2.08. The van der Waals surface area contributed by atoms with Gasteiger partial charge in [0.15, 0.2) is 6.29 Å².